The van der Waals surface area contributed by atoms with Crippen molar-refractivity contribution >= 4 is 21.7 Å². The maximum absolute atomic E-state index is 11.3. The molecule has 8 nitrogen and oxygen atoms in total. The number of sulfone groups is 1. The van der Waals surface area contributed by atoms with E-state index >= 15 is 0 Å². The second-order valence-corrected chi connectivity index (χ2v) is 5.95. The lowest BCUT2D eigenvalue weighted by molar-refractivity contribution is -0.127. The molecule has 0 aliphatic rings. The van der Waals surface area contributed by atoms with Crippen molar-refractivity contribution in [3.63, 3.8) is 0 Å². The molecule has 0 aliphatic carbocycles. The Balaban J connectivity index is 4.03. The average molecular weight is 267 g/mol. The normalized spacial score (nSPS) is 15.0. The van der Waals surface area contributed by atoms with Crippen molar-refractivity contribution in [1.29, 1.82) is 0 Å². The first-order valence-corrected chi connectivity index (χ1v) is 6.88. The van der Waals surface area contributed by atoms with E-state index in [2.05, 4.69) is 5.32 Å². The Labute approximate surface area is 99.3 Å². The molecule has 0 spiro atoms. The van der Waals surface area contributed by atoms with E-state index in [1.165, 1.54) is 0 Å². The molecule has 2 atom stereocenters. The number of rotatable bonds is 7. The summed E-state index contributed by atoms with van der Waals surface area (Å²) >= 11 is 0. The summed E-state index contributed by atoms with van der Waals surface area (Å²) < 4.78 is 21.7. The van der Waals surface area contributed by atoms with E-state index in [1.807, 2.05) is 0 Å². The molecule has 0 aliphatic heterocycles. The maximum Gasteiger partial charge on any atom is 0.248 e. The topological polar surface area (TPSA) is 153 Å². The van der Waals surface area contributed by atoms with E-state index in [9.17, 15) is 18.0 Å². The van der Waals surface area contributed by atoms with E-state index < -0.39 is 33.8 Å². The molecule has 0 radical (unpaired) electrons. The molecule has 17 heavy (non-hydrogen) atoms. The Morgan fingerprint density at radius 1 is 1.41 bits per heavy atom. The van der Waals surface area contributed by atoms with Crippen LogP contribution in [0.25, 0.3) is 0 Å². The third-order valence-electron chi connectivity index (χ3n) is 1.93. The number of primary amides is 1. The standard InChI is InChI=1S/C8H17N3O5S/c1-17(15,16)3-2-5(9)8(14)11-4-6(12)7(10)13/h5-6,12H,2-4,9H2,1H3,(H2,10,13)(H,11,14). The molecule has 0 saturated heterocycles. The first kappa shape index (κ1) is 15.8. The number of hydrogen-bond acceptors (Lipinski definition) is 6. The van der Waals surface area contributed by atoms with Crippen molar-refractivity contribution in [2.45, 2.75) is 18.6 Å². The Kier molecular flexibility index (Phi) is 6.07. The van der Waals surface area contributed by atoms with Gasteiger partial charge >= 0.3 is 0 Å². The second kappa shape index (κ2) is 6.52. The number of carbonyl (C=O) groups is 2. The fraction of sp³-hybridized carbons (Fsp3) is 0.750. The SMILES string of the molecule is CS(=O)(=O)CCC(N)C(=O)NCC(O)C(N)=O. The summed E-state index contributed by atoms with van der Waals surface area (Å²) in [5.41, 5.74) is 10.2. The Bertz CT molecular complexity index is 381. The average Bonchev–Trinajstić information content (AvgIpc) is 2.20. The molecular formula is C8H17N3O5S. The third kappa shape index (κ3) is 7.66. The van der Waals surface area contributed by atoms with Crippen molar-refractivity contribution in [2.24, 2.45) is 11.5 Å². The van der Waals surface area contributed by atoms with Crippen LogP contribution in [0.1, 0.15) is 6.42 Å². The van der Waals surface area contributed by atoms with Crippen LogP contribution < -0.4 is 16.8 Å². The molecule has 2 amide bonds. The van der Waals surface area contributed by atoms with Gasteiger partial charge in [0.05, 0.1) is 18.3 Å². The predicted octanol–water partition coefficient (Wildman–Crippen LogP) is -3.29. The van der Waals surface area contributed by atoms with Gasteiger partial charge in [-0.1, -0.05) is 0 Å². The highest BCUT2D eigenvalue weighted by molar-refractivity contribution is 7.90. The maximum atomic E-state index is 11.3. The van der Waals surface area contributed by atoms with Gasteiger partial charge in [0.1, 0.15) is 15.9 Å². The first-order valence-electron chi connectivity index (χ1n) is 4.82. The van der Waals surface area contributed by atoms with Crippen molar-refractivity contribution < 1.29 is 23.1 Å². The van der Waals surface area contributed by atoms with Crippen molar-refractivity contribution in [2.75, 3.05) is 18.6 Å². The number of aliphatic hydroxyl groups excluding tert-OH is 1. The highest BCUT2D eigenvalue weighted by atomic mass is 32.2. The Morgan fingerprint density at radius 3 is 2.35 bits per heavy atom. The molecule has 2 unspecified atom stereocenters. The van der Waals surface area contributed by atoms with E-state index in [-0.39, 0.29) is 18.7 Å². The van der Waals surface area contributed by atoms with Crippen LogP contribution in [0, 0.1) is 0 Å². The van der Waals surface area contributed by atoms with Crippen LogP contribution in [0.5, 0.6) is 0 Å². The van der Waals surface area contributed by atoms with Crippen LogP contribution in [0.15, 0.2) is 0 Å². The van der Waals surface area contributed by atoms with Gasteiger partial charge in [-0.05, 0) is 6.42 Å². The summed E-state index contributed by atoms with van der Waals surface area (Å²) in [6, 6.07) is -1.01. The number of aliphatic hydroxyl groups is 1. The summed E-state index contributed by atoms with van der Waals surface area (Å²) in [4.78, 5) is 21.7. The highest BCUT2D eigenvalue weighted by Gasteiger charge is 2.18. The van der Waals surface area contributed by atoms with Gasteiger partial charge in [-0.25, -0.2) is 8.42 Å². The minimum atomic E-state index is -3.18. The van der Waals surface area contributed by atoms with Gasteiger partial charge in [0.25, 0.3) is 0 Å². The van der Waals surface area contributed by atoms with E-state index in [4.69, 9.17) is 16.6 Å². The minimum absolute atomic E-state index is 0.0304. The van der Waals surface area contributed by atoms with Crippen LogP contribution in [-0.2, 0) is 19.4 Å². The molecule has 0 rings (SSSR count). The van der Waals surface area contributed by atoms with Crippen molar-refractivity contribution in [1.82, 2.24) is 5.32 Å². The second-order valence-electron chi connectivity index (χ2n) is 3.69. The Hall–Kier alpha value is -1.19. The van der Waals surface area contributed by atoms with Gasteiger partial charge in [-0.2, -0.15) is 0 Å². The van der Waals surface area contributed by atoms with E-state index in [1.54, 1.807) is 0 Å². The fourth-order valence-electron chi connectivity index (χ4n) is 0.901. The highest BCUT2D eigenvalue weighted by Crippen LogP contribution is 1.94. The number of hydrogen-bond donors (Lipinski definition) is 4. The largest absolute Gasteiger partial charge is 0.381 e. The molecule has 0 aromatic heterocycles. The molecule has 0 fully saturated rings. The predicted molar refractivity (Wildman–Crippen MR) is 60.5 cm³/mol. The van der Waals surface area contributed by atoms with Crippen LogP contribution in [0.4, 0.5) is 0 Å². The van der Waals surface area contributed by atoms with Gasteiger partial charge in [-0.15, -0.1) is 0 Å². The smallest absolute Gasteiger partial charge is 0.248 e. The summed E-state index contributed by atoms with van der Waals surface area (Å²) in [6.07, 6.45) is -0.479. The monoisotopic (exact) mass is 267 g/mol. The number of nitrogens with one attached hydrogen (secondary N) is 1. The van der Waals surface area contributed by atoms with Gasteiger partial charge in [0.2, 0.25) is 11.8 Å². The van der Waals surface area contributed by atoms with Crippen molar-refractivity contribution in [3.05, 3.63) is 0 Å². The van der Waals surface area contributed by atoms with Crippen molar-refractivity contribution in [3.8, 4) is 0 Å². The minimum Gasteiger partial charge on any atom is -0.381 e. The molecule has 0 aromatic rings. The zero-order valence-corrected chi connectivity index (χ0v) is 10.2. The lowest BCUT2D eigenvalue weighted by atomic mass is 10.2. The van der Waals surface area contributed by atoms with Gasteiger partial charge < -0.3 is 21.9 Å². The third-order valence-corrected chi connectivity index (χ3v) is 2.91. The van der Waals surface area contributed by atoms with Crippen LogP contribution in [0.2, 0.25) is 0 Å². The first-order chi connectivity index (χ1) is 7.63. The lowest BCUT2D eigenvalue weighted by Crippen LogP contribution is -2.46. The summed E-state index contributed by atoms with van der Waals surface area (Å²) in [5, 5.41) is 11.2. The molecular weight excluding hydrogens is 250 g/mol. The summed E-state index contributed by atoms with van der Waals surface area (Å²) in [7, 11) is -3.18. The van der Waals surface area contributed by atoms with E-state index in [0.717, 1.165) is 6.26 Å². The molecule has 6 N–H and O–H groups in total. The number of amides is 2. The van der Waals surface area contributed by atoms with Crippen LogP contribution in [0.3, 0.4) is 0 Å². The molecule has 9 heteroatoms. The molecule has 0 bridgehead atoms. The molecule has 0 aromatic carbocycles. The van der Waals surface area contributed by atoms with Crippen LogP contribution >= 0.6 is 0 Å². The summed E-state index contributed by atoms with van der Waals surface area (Å²) in [6.45, 7) is -0.346. The molecule has 0 saturated carbocycles. The van der Waals surface area contributed by atoms with Gasteiger partial charge in [0, 0.05) is 6.26 Å². The zero-order chi connectivity index (χ0) is 13.6. The Morgan fingerprint density at radius 2 is 1.94 bits per heavy atom. The fourth-order valence-corrected chi connectivity index (χ4v) is 1.58. The zero-order valence-electron chi connectivity index (χ0n) is 9.42. The number of nitrogens with two attached hydrogens (primary N) is 2. The van der Waals surface area contributed by atoms with Gasteiger partial charge in [0.15, 0.2) is 0 Å². The van der Waals surface area contributed by atoms with E-state index in [0.29, 0.717) is 0 Å². The quantitative estimate of drug-likeness (QED) is 0.379. The lowest BCUT2D eigenvalue weighted by Gasteiger charge is -2.13. The number of carbonyl (C=O) groups excluding carboxylic acids is 2. The van der Waals surface area contributed by atoms with Gasteiger partial charge in [-0.3, -0.25) is 9.59 Å². The molecule has 100 valence electrons. The molecule has 0 heterocycles. The van der Waals surface area contributed by atoms with Crippen LogP contribution in [-0.4, -0.2) is 56.0 Å². The summed E-state index contributed by atoms with van der Waals surface area (Å²) in [5.74, 6) is -1.82.